The van der Waals surface area contributed by atoms with E-state index in [1.807, 2.05) is 24.3 Å². The predicted molar refractivity (Wildman–Crippen MR) is 99.4 cm³/mol. The summed E-state index contributed by atoms with van der Waals surface area (Å²) in [4.78, 5) is 12.4. The molecule has 1 atom stereocenters. The van der Waals surface area contributed by atoms with Crippen LogP contribution in [-0.2, 0) is 11.3 Å². The van der Waals surface area contributed by atoms with Crippen LogP contribution in [0, 0.1) is 5.82 Å². The van der Waals surface area contributed by atoms with Gasteiger partial charge in [0.2, 0.25) is 0 Å². The SMILES string of the molecule is COc1ccc(Cn2nccc2NC(=O)C(C)Oc2ccc(F)cc2)cc1. The summed E-state index contributed by atoms with van der Waals surface area (Å²) < 4.78 is 25.3. The minimum Gasteiger partial charge on any atom is -0.497 e. The number of nitrogens with zero attached hydrogens (tertiary/aromatic N) is 2. The average molecular weight is 369 g/mol. The number of nitrogens with one attached hydrogen (secondary N) is 1. The Morgan fingerprint density at radius 1 is 1.11 bits per heavy atom. The van der Waals surface area contributed by atoms with E-state index in [1.54, 1.807) is 31.0 Å². The molecule has 6 nitrogen and oxygen atoms in total. The molecule has 140 valence electrons. The topological polar surface area (TPSA) is 65.4 Å². The zero-order valence-corrected chi connectivity index (χ0v) is 15.1. The molecule has 0 fully saturated rings. The highest BCUT2D eigenvalue weighted by Crippen LogP contribution is 2.16. The van der Waals surface area contributed by atoms with Crippen molar-refractivity contribution in [3.63, 3.8) is 0 Å². The summed E-state index contributed by atoms with van der Waals surface area (Å²) >= 11 is 0. The van der Waals surface area contributed by atoms with Gasteiger partial charge in [0.1, 0.15) is 23.1 Å². The highest BCUT2D eigenvalue weighted by atomic mass is 19.1. The monoisotopic (exact) mass is 369 g/mol. The maximum atomic E-state index is 12.9. The lowest BCUT2D eigenvalue weighted by molar-refractivity contribution is -0.122. The van der Waals surface area contributed by atoms with Crippen LogP contribution >= 0.6 is 0 Å². The Kier molecular flexibility index (Phi) is 5.71. The van der Waals surface area contributed by atoms with Gasteiger partial charge in [0.15, 0.2) is 6.10 Å². The van der Waals surface area contributed by atoms with E-state index < -0.39 is 6.10 Å². The smallest absolute Gasteiger partial charge is 0.266 e. The lowest BCUT2D eigenvalue weighted by Gasteiger charge is -2.15. The summed E-state index contributed by atoms with van der Waals surface area (Å²) in [7, 11) is 1.62. The van der Waals surface area contributed by atoms with E-state index in [1.165, 1.54) is 24.3 Å². The normalized spacial score (nSPS) is 11.7. The molecule has 0 saturated carbocycles. The van der Waals surface area contributed by atoms with Gasteiger partial charge in [-0.1, -0.05) is 12.1 Å². The molecule has 2 aromatic carbocycles. The molecule has 0 spiro atoms. The Hall–Kier alpha value is -3.35. The number of hydrogen-bond acceptors (Lipinski definition) is 4. The third kappa shape index (κ3) is 4.84. The Balaban J connectivity index is 1.62. The number of ether oxygens (including phenoxy) is 2. The third-order valence-electron chi connectivity index (χ3n) is 3.95. The van der Waals surface area contributed by atoms with Crippen molar-refractivity contribution in [2.45, 2.75) is 19.6 Å². The maximum Gasteiger partial charge on any atom is 0.266 e. The molecule has 27 heavy (non-hydrogen) atoms. The molecule has 0 aliphatic rings. The first kappa shape index (κ1) is 18.4. The Bertz CT molecular complexity index is 892. The summed E-state index contributed by atoms with van der Waals surface area (Å²) in [5.41, 5.74) is 1.02. The Morgan fingerprint density at radius 3 is 2.44 bits per heavy atom. The van der Waals surface area contributed by atoms with Gasteiger partial charge < -0.3 is 14.8 Å². The number of benzene rings is 2. The number of rotatable bonds is 7. The molecule has 1 heterocycles. The minimum absolute atomic E-state index is 0.323. The van der Waals surface area contributed by atoms with Crippen LogP contribution in [0.15, 0.2) is 60.8 Å². The minimum atomic E-state index is -0.750. The first-order valence-electron chi connectivity index (χ1n) is 8.43. The zero-order chi connectivity index (χ0) is 19.2. The van der Waals surface area contributed by atoms with Crippen LogP contribution in [0.4, 0.5) is 10.2 Å². The Morgan fingerprint density at radius 2 is 1.78 bits per heavy atom. The molecule has 1 N–H and O–H groups in total. The third-order valence-corrected chi connectivity index (χ3v) is 3.95. The number of hydrogen-bond donors (Lipinski definition) is 1. The van der Waals surface area contributed by atoms with Crippen LogP contribution < -0.4 is 14.8 Å². The zero-order valence-electron chi connectivity index (χ0n) is 15.1. The number of methoxy groups -OCH3 is 1. The van der Waals surface area contributed by atoms with Gasteiger partial charge in [0, 0.05) is 6.07 Å². The van der Waals surface area contributed by atoms with E-state index in [0.29, 0.717) is 18.1 Å². The molecule has 0 aliphatic heterocycles. The molecule has 0 bridgehead atoms. The summed E-state index contributed by atoms with van der Waals surface area (Å²) in [5, 5.41) is 7.05. The second-order valence-electron chi connectivity index (χ2n) is 5.93. The van der Waals surface area contributed by atoms with Crippen molar-refractivity contribution < 1.29 is 18.7 Å². The van der Waals surface area contributed by atoms with E-state index >= 15 is 0 Å². The second kappa shape index (κ2) is 8.35. The first-order valence-corrected chi connectivity index (χ1v) is 8.43. The molecule has 1 unspecified atom stereocenters. The molecule has 0 aliphatic carbocycles. The maximum absolute atomic E-state index is 12.9. The molecule has 7 heteroatoms. The molecule has 1 amide bonds. The van der Waals surface area contributed by atoms with Crippen LogP contribution in [0.25, 0.3) is 0 Å². The fraction of sp³-hybridized carbons (Fsp3) is 0.200. The highest BCUT2D eigenvalue weighted by Gasteiger charge is 2.17. The lowest BCUT2D eigenvalue weighted by atomic mass is 10.2. The van der Waals surface area contributed by atoms with Gasteiger partial charge in [-0.15, -0.1) is 0 Å². The van der Waals surface area contributed by atoms with Gasteiger partial charge in [0.05, 0.1) is 19.9 Å². The molecular formula is C20H20FN3O3. The van der Waals surface area contributed by atoms with E-state index in [-0.39, 0.29) is 11.7 Å². The average Bonchev–Trinajstić information content (AvgIpc) is 3.10. The van der Waals surface area contributed by atoms with Crippen molar-refractivity contribution in [3.8, 4) is 11.5 Å². The molecule has 0 radical (unpaired) electrons. The summed E-state index contributed by atoms with van der Waals surface area (Å²) in [6, 6.07) is 14.9. The number of halogens is 1. The standard InChI is InChI=1S/C20H20FN3O3/c1-14(27-18-9-5-16(21)6-10-18)20(25)23-19-11-12-22-24(19)13-15-3-7-17(26-2)8-4-15/h3-12,14H,13H2,1-2H3,(H,23,25). The van der Waals surface area contributed by atoms with Crippen molar-refractivity contribution in [2.24, 2.45) is 0 Å². The fourth-order valence-electron chi connectivity index (χ4n) is 2.47. The van der Waals surface area contributed by atoms with Crippen LogP contribution in [0.1, 0.15) is 12.5 Å². The van der Waals surface area contributed by atoms with Crippen LogP contribution in [0.3, 0.4) is 0 Å². The van der Waals surface area contributed by atoms with Gasteiger partial charge in [-0.05, 0) is 48.9 Å². The second-order valence-corrected chi connectivity index (χ2v) is 5.93. The molecule has 3 rings (SSSR count). The number of carbonyl (C=O) groups is 1. The van der Waals surface area contributed by atoms with E-state index in [9.17, 15) is 9.18 Å². The van der Waals surface area contributed by atoms with E-state index in [2.05, 4.69) is 10.4 Å². The molecule has 0 saturated heterocycles. The van der Waals surface area contributed by atoms with Crippen LogP contribution in [0.2, 0.25) is 0 Å². The van der Waals surface area contributed by atoms with Gasteiger partial charge >= 0.3 is 0 Å². The summed E-state index contributed by atoms with van der Waals surface area (Å²) in [6.07, 6.45) is 0.866. The number of carbonyl (C=O) groups excluding carboxylic acids is 1. The number of aromatic nitrogens is 2. The van der Waals surface area contributed by atoms with E-state index in [0.717, 1.165) is 11.3 Å². The van der Waals surface area contributed by atoms with Gasteiger partial charge in [-0.3, -0.25) is 4.79 Å². The van der Waals surface area contributed by atoms with Crippen molar-refractivity contribution in [3.05, 3.63) is 72.2 Å². The fourth-order valence-corrected chi connectivity index (χ4v) is 2.47. The summed E-state index contributed by atoms with van der Waals surface area (Å²) in [5.74, 6) is 1.08. The summed E-state index contributed by atoms with van der Waals surface area (Å²) in [6.45, 7) is 2.13. The van der Waals surface area contributed by atoms with Gasteiger partial charge in [0.25, 0.3) is 5.91 Å². The van der Waals surface area contributed by atoms with Gasteiger partial charge in [-0.25, -0.2) is 9.07 Å². The van der Waals surface area contributed by atoms with Crippen molar-refractivity contribution in [2.75, 3.05) is 12.4 Å². The van der Waals surface area contributed by atoms with Crippen molar-refractivity contribution in [1.29, 1.82) is 0 Å². The van der Waals surface area contributed by atoms with E-state index in [4.69, 9.17) is 9.47 Å². The lowest BCUT2D eigenvalue weighted by Crippen LogP contribution is -2.31. The van der Waals surface area contributed by atoms with Crippen molar-refractivity contribution in [1.82, 2.24) is 9.78 Å². The van der Waals surface area contributed by atoms with Gasteiger partial charge in [-0.2, -0.15) is 5.10 Å². The quantitative estimate of drug-likeness (QED) is 0.692. The van der Waals surface area contributed by atoms with Crippen LogP contribution in [0.5, 0.6) is 11.5 Å². The predicted octanol–water partition coefficient (Wildman–Crippen LogP) is 3.49. The van der Waals surface area contributed by atoms with Crippen LogP contribution in [-0.4, -0.2) is 28.9 Å². The Labute approximate surface area is 156 Å². The number of anilines is 1. The first-order chi connectivity index (χ1) is 13.0. The number of amides is 1. The highest BCUT2D eigenvalue weighted by molar-refractivity contribution is 5.93. The molecular weight excluding hydrogens is 349 g/mol. The largest absolute Gasteiger partial charge is 0.497 e. The molecule has 3 aromatic rings. The molecule has 1 aromatic heterocycles. The van der Waals surface area contributed by atoms with Crippen molar-refractivity contribution >= 4 is 11.7 Å².